The summed E-state index contributed by atoms with van der Waals surface area (Å²) in [6, 6.07) is 14.2. The third kappa shape index (κ3) is 3.69. The molecule has 3 heterocycles. The molecular weight excluding hydrogens is 370 g/mol. The van der Waals surface area contributed by atoms with Crippen LogP contribution in [0, 0.1) is 0 Å². The monoisotopic (exact) mass is 393 g/mol. The summed E-state index contributed by atoms with van der Waals surface area (Å²) >= 11 is 6.15. The van der Waals surface area contributed by atoms with Crippen molar-refractivity contribution in [3.05, 3.63) is 65.3 Å². The summed E-state index contributed by atoms with van der Waals surface area (Å²) in [7, 11) is 0. The minimum atomic E-state index is 0.0823. The fraction of sp³-hybridized carbons (Fsp3) is 0.304. The van der Waals surface area contributed by atoms with Crippen LogP contribution in [0.2, 0.25) is 5.02 Å². The van der Waals surface area contributed by atoms with Crippen molar-refractivity contribution in [2.45, 2.75) is 38.6 Å². The van der Waals surface area contributed by atoms with Crippen LogP contribution in [0.3, 0.4) is 0 Å². The third-order valence-corrected chi connectivity index (χ3v) is 5.68. The highest BCUT2D eigenvalue weighted by Crippen LogP contribution is 2.29. The number of nitrogens with zero attached hydrogens (tertiary/aromatic N) is 3. The Labute approximate surface area is 170 Å². The van der Waals surface area contributed by atoms with Gasteiger partial charge in [0.25, 0.3) is 0 Å². The summed E-state index contributed by atoms with van der Waals surface area (Å²) in [5.41, 5.74) is 3.72. The minimum Gasteiger partial charge on any atom is -0.336 e. The SMILES string of the molecule is CCC1CCCCN1C(=O)/C=C/c1c(-c2ccccc2)nn2cc(Cl)ccc12. The molecule has 1 aliphatic heterocycles. The molecule has 0 N–H and O–H groups in total. The molecule has 0 bridgehead atoms. The number of carbonyl (C=O) groups is 1. The summed E-state index contributed by atoms with van der Waals surface area (Å²) in [6.45, 7) is 3.00. The van der Waals surface area contributed by atoms with Gasteiger partial charge < -0.3 is 4.90 Å². The van der Waals surface area contributed by atoms with Gasteiger partial charge in [-0.2, -0.15) is 5.10 Å². The molecule has 1 fully saturated rings. The van der Waals surface area contributed by atoms with E-state index in [9.17, 15) is 4.79 Å². The van der Waals surface area contributed by atoms with E-state index < -0.39 is 0 Å². The molecule has 4 rings (SSSR count). The quantitative estimate of drug-likeness (QED) is 0.552. The first-order chi connectivity index (χ1) is 13.7. The number of rotatable bonds is 4. The molecule has 144 valence electrons. The number of hydrogen-bond acceptors (Lipinski definition) is 2. The maximum Gasteiger partial charge on any atom is 0.246 e. The number of piperidine rings is 1. The van der Waals surface area contributed by atoms with Gasteiger partial charge in [0.2, 0.25) is 5.91 Å². The van der Waals surface area contributed by atoms with Gasteiger partial charge in [0.1, 0.15) is 5.69 Å². The Morgan fingerprint density at radius 1 is 1.21 bits per heavy atom. The standard InChI is InChI=1S/C23H24ClN3O/c1-2-19-10-6-7-15-26(19)22(28)14-12-20-21-13-11-18(24)16-27(21)25-23(20)17-8-4-3-5-9-17/h3-5,8-9,11-14,16,19H,2,6-7,10,15H2,1H3/b14-12+. The largest absolute Gasteiger partial charge is 0.336 e. The van der Waals surface area contributed by atoms with E-state index in [-0.39, 0.29) is 5.91 Å². The van der Waals surface area contributed by atoms with Gasteiger partial charge in [-0.15, -0.1) is 0 Å². The summed E-state index contributed by atoms with van der Waals surface area (Å²) in [5, 5.41) is 5.35. The number of fused-ring (bicyclic) bond motifs is 1. The number of benzene rings is 1. The number of pyridine rings is 1. The number of hydrogen-bond donors (Lipinski definition) is 0. The lowest BCUT2D eigenvalue weighted by molar-refractivity contribution is -0.129. The first-order valence-corrected chi connectivity index (χ1v) is 10.3. The predicted molar refractivity (Wildman–Crippen MR) is 114 cm³/mol. The Hall–Kier alpha value is -2.59. The summed E-state index contributed by atoms with van der Waals surface area (Å²) in [5.74, 6) is 0.0823. The second kappa shape index (κ2) is 8.19. The maximum atomic E-state index is 12.9. The van der Waals surface area contributed by atoms with Crippen LogP contribution in [0.5, 0.6) is 0 Å². The smallest absolute Gasteiger partial charge is 0.246 e. The van der Waals surface area contributed by atoms with Gasteiger partial charge in [0.15, 0.2) is 0 Å². The zero-order chi connectivity index (χ0) is 19.5. The van der Waals surface area contributed by atoms with Crippen LogP contribution in [0.1, 0.15) is 38.2 Å². The van der Waals surface area contributed by atoms with Gasteiger partial charge in [-0.05, 0) is 43.9 Å². The van der Waals surface area contributed by atoms with E-state index in [1.165, 1.54) is 6.42 Å². The van der Waals surface area contributed by atoms with E-state index in [4.69, 9.17) is 16.7 Å². The highest BCUT2D eigenvalue weighted by molar-refractivity contribution is 6.30. The zero-order valence-corrected chi connectivity index (χ0v) is 16.8. The van der Waals surface area contributed by atoms with Crippen LogP contribution in [0.4, 0.5) is 0 Å². The van der Waals surface area contributed by atoms with Crippen LogP contribution in [-0.4, -0.2) is 33.0 Å². The zero-order valence-electron chi connectivity index (χ0n) is 16.0. The number of carbonyl (C=O) groups excluding carboxylic acids is 1. The highest BCUT2D eigenvalue weighted by atomic mass is 35.5. The fourth-order valence-electron chi connectivity index (χ4n) is 3.98. The first-order valence-electron chi connectivity index (χ1n) is 9.89. The van der Waals surface area contributed by atoms with Crippen molar-refractivity contribution in [3.8, 4) is 11.3 Å². The third-order valence-electron chi connectivity index (χ3n) is 5.45. The Morgan fingerprint density at radius 2 is 2.04 bits per heavy atom. The van der Waals surface area contributed by atoms with Crippen molar-refractivity contribution in [1.82, 2.24) is 14.5 Å². The van der Waals surface area contributed by atoms with Crippen molar-refractivity contribution in [1.29, 1.82) is 0 Å². The molecule has 1 amide bonds. The van der Waals surface area contributed by atoms with E-state index in [2.05, 4.69) is 6.92 Å². The first kappa shape index (κ1) is 18.8. The molecule has 4 nitrogen and oxygen atoms in total. The second-order valence-electron chi connectivity index (χ2n) is 7.23. The molecule has 5 heteroatoms. The van der Waals surface area contributed by atoms with Crippen molar-refractivity contribution >= 4 is 29.1 Å². The average Bonchev–Trinajstić information content (AvgIpc) is 3.10. The van der Waals surface area contributed by atoms with Crippen molar-refractivity contribution < 1.29 is 4.79 Å². The summed E-state index contributed by atoms with van der Waals surface area (Å²) < 4.78 is 1.78. The molecule has 1 unspecified atom stereocenters. The molecule has 0 saturated carbocycles. The Kier molecular flexibility index (Phi) is 5.49. The van der Waals surface area contributed by atoms with Crippen molar-refractivity contribution in [3.63, 3.8) is 0 Å². The van der Waals surface area contributed by atoms with Gasteiger partial charge in [-0.25, -0.2) is 4.52 Å². The van der Waals surface area contributed by atoms with E-state index in [0.717, 1.165) is 48.1 Å². The summed E-state index contributed by atoms with van der Waals surface area (Å²) in [4.78, 5) is 14.9. The van der Waals surface area contributed by atoms with Gasteiger partial charge >= 0.3 is 0 Å². The van der Waals surface area contributed by atoms with Crippen LogP contribution < -0.4 is 0 Å². The number of amides is 1. The molecule has 1 atom stereocenters. The minimum absolute atomic E-state index is 0.0823. The number of halogens is 1. The highest BCUT2D eigenvalue weighted by Gasteiger charge is 2.24. The molecule has 1 aromatic carbocycles. The molecule has 28 heavy (non-hydrogen) atoms. The fourth-order valence-corrected chi connectivity index (χ4v) is 4.14. The van der Waals surface area contributed by atoms with E-state index in [1.807, 2.05) is 53.4 Å². The molecule has 0 radical (unpaired) electrons. The van der Waals surface area contributed by atoms with Crippen molar-refractivity contribution in [2.24, 2.45) is 0 Å². The van der Waals surface area contributed by atoms with Crippen LogP contribution in [-0.2, 0) is 4.79 Å². The molecule has 3 aromatic rings. The Morgan fingerprint density at radius 3 is 2.82 bits per heavy atom. The molecule has 1 saturated heterocycles. The molecule has 0 spiro atoms. The molecule has 2 aromatic heterocycles. The van der Waals surface area contributed by atoms with Gasteiger partial charge in [-0.3, -0.25) is 4.79 Å². The van der Waals surface area contributed by atoms with Crippen molar-refractivity contribution in [2.75, 3.05) is 6.54 Å². The van der Waals surface area contributed by atoms with E-state index in [0.29, 0.717) is 11.1 Å². The predicted octanol–water partition coefficient (Wildman–Crippen LogP) is 5.46. The maximum absolute atomic E-state index is 12.9. The summed E-state index contributed by atoms with van der Waals surface area (Å²) in [6.07, 6.45) is 9.79. The lowest BCUT2D eigenvalue weighted by Gasteiger charge is -2.34. The lowest BCUT2D eigenvalue weighted by Crippen LogP contribution is -2.42. The van der Waals surface area contributed by atoms with Gasteiger partial charge in [-0.1, -0.05) is 48.9 Å². The van der Waals surface area contributed by atoms with E-state index in [1.54, 1.807) is 16.8 Å². The molecule has 1 aliphatic rings. The van der Waals surface area contributed by atoms with Gasteiger partial charge in [0, 0.05) is 36.0 Å². The Bertz CT molecular complexity index is 1010. The average molecular weight is 394 g/mol. The Balaban J connectivity index is 1.73. The van der Waals surface area contributed by atoms with E-state index >= 15 is 0 Å². The second-order valence-corrected chi connectivity index (χ2v) is 7.66. The van der Waals surface area contributed by atoms with Crippen LogP contribution in [0.25, 0.3) is 22.9 Å². The number of likely N-dealkylation sites (tertiary alicyclic amines) is 1. The van der Waals surface area contributed by atoms with Gasteiger partial charge in [0.05, 0.1) is 10.5 Å². The normalized spacial score (nSPS) is 17.5. The topological polar surface area (TPSA) is 37.6 Å². The molecular formula is C23H24ClN3O. The number of aromatic nitrogens is 2. The lowest BCUT2D eigenvalue weighted by atomic mass is 10.00. The molecule has 0 aliphatic carbocycles. The van der Waals surface area contributed by atoms with Crippen LogP contribution >= 0.6 is 11.6 Å². The van der Waals surface area contributed by atoms with Crippen LogP contribution in [0.15, 0.2) is 54.7 Å².